The second-order valence-corrected chi connectivity index (χ2v) is 4.90. The number of imidazole rings is 1. The monoisotopic (exact) mass is 245 g/mol. The van der Waals surface area contributed by atoms with Gasteiger partial charge in [0.2, 0.25) is 0 Å². The second kappa shape index (κ2) is 4.94. The number of hydrogen-bond donors (Lipinski definition) is 2. The molecule has 0 saturated heterocycles. The lowest BCUT2D eigenvalue weighted by Crippen LogP contribution is -2.16. The Kier molecular flexibility index (Phi) is 3.15. The predicted octanol–water partition coefficient (Wildman–Crippen LogP) is 1.79. The van der Waals surface area contributed by atoms with Gasteiger partial charge in [-0.05, 0) is 32.2 Å². The van der Waals surface area contributed by atoms with E-state index in [1.165, 1.54) is 12.8 Å². The molecule has 5 nitrogen and oxygen atoms in total. The number of rotatable bonds is 6. The van der Waals surface area contributed by atoms with Gasteiger partial charge in [-0.1, -0.05) is 0 Å². The number of aromatic nitrogens is 4. The van der Waals surface area contributed by atoms with Crippen molar-refractivity contribution in [1.82, 2.24) is 25.1 Å². The van der Waals surface area contributed by atoms with Crippen LogP contribution < -0.4 is 5.32 Å². The lowest BCUT2D eigenvalue weighted by Gasteiger charge is -1.99. The zero-order valence-electron chi connectivity index (χ0n) is 10.7. The molecule has 0 radical (unpaired) electrons. The number of hydrogen-bond acceptors (Lipinski definition) is 3. The largest absolute Gasteiger partial charge is 0.341 e. The maximum atomic E-state index is 4.39. The molecule has 1 fully saturated rings. The summed E-state index contributed by atoms with van der Waals surface area (Å²) >= 11 is 0. The van der Waals surface area contributed by atoms with Crippen LogP contribution in [0.3, 0.4) is 0 Å². The van der Waals surface area contributed by atoms with Gasteiger partial charge in [-0.2, -0.15) is 5.10 Å². The Morgan fingerprint density at radius 1 is 1.44 bits per heavy atom. The van der Waals surface area contributed by atoms with Crippen LogP contribution in [0, 0.1) is 5.92 Å². The molecular formula is C13H19N5. The van der Waals surface area contributed by atoms with E-state index in [0.29, 0.717) is 0 Å². The van der Waals surface area contributed by atoms with Crippen molar-refractivity contribution in [2.75, 3.05) is 6.54 Å². The molecule has 0 amide bonds. The summed E-state index contributed by atoms with van der Waals surface area (Å²) in [4.78, 5) is 7.72. The molecule has 2 aromatic heterocycles. The highest BCUT2D eigenvalue weighted by molar-refractivity contribution is 5.55. The van der Waals surface area contributed by atoms with Crippen molar-refractivity contribution in [3.8, 4) is 11.3 Å². The maximum Gasteiger partial charge on any atom is 0.120 e. The Hall–Kier alpha value is -1.62. The van der Waals surface area contributed by atoms with Crippen LogP contribution in [-0.4, -0.2) is 26.3 Å². The fraction of sp³-hybridized carbons (Fsp3) is 0.538. The third-order valence-corrected chi connectivity index (χ3v) is 3.32. The topological polar surface area (TPSA) is 58.5 Å². The summed E-state index contributed by atoms with van der Waals surface area (Å²) in [5.74, 6) is 1.90. The second-order valence-electron chi connectivity index (χ2n) is 4.90. The average Bonchev–Trinajstić information content (AvgIpc) is 2.92. The Labute approximate surface area is 107 Å². The summed E-state index contributed by atoms with van der Waals surface area (Å²) in [5, 5.41) is 7.70. The smallest absolute Gasteiger partial charge is 0.120 e. The molecule has 0 spiro atoms. The molecule has 1 aliphatic carbocycles. The van der Waals surface area contributed by atoms with Gasteiger partial charge >= 0.3 is 0 Å². The van der Waals surface area contributed by atoms with E-state index in [4.69, 9.17) is 0 Å². The first-order chi connectivity index (χ1) is 8.85. The highest BCUT2D eigenvalue weighted by Gasteiger charge is 2.20. The fourth-order valence-corrected chi connectivity index (χ4v) is 1.99. The molecule has 1 aliphatic rings. The molecule has 2 aromatic rings. The van der Waals surface area contributed by atoms with E-state index in [1.807, 2.05) is 23.3 Å². The Bertz CT molecular complexity index is 509. The quantitative estimate of drug-likeness (QED) is 0.815. The minimum Gasteiger partial charge on any atom is -0.341 e. The van der Waals surface area contributed by atoms with Gasteiger partial charge in [-0.3, -0.25) is 4.68 Å². The highest BCUT2D eigenvalue weighted by atomic mass is 15.3. The Balaban J connectivity index is 1.60. The molecule has 2 heterocycles. The van der Waals surface area contributed by atoms with Gasteiger partial charge in [-0.25, -0.2) is 4.98 Å². The number of H-pyrrole nitrogens is 1. The highest BCUT2D eigenvalue weighted by Crippen LogP contribution is 2.27. The van der Waals surface area contributed by atoms with E-state index in [-0.39, 0.29) is 0 Å². The van der Waals surface area contributed by atoms with E-state index < -0.39 is 0 Å². The van der Waals surface area contributed by atoms with E-state index in [1.54, 1.807) is 0 Å². The first-order valence-corrected chi connectivity index (χ1v) is 6.62. The Morgan fingerprint density at radius 3 is 3.06 bits per heavy atom. The van der Waals surface area contributed by atoms with Gasteiger partial charge in [0.1, 0.15) is 5.82 Å². The van der Waals surface area contributed by atoms with Crippen LogP contribution in [0.25, 0.3) is 11.3 Å². The number of aryl methyl sites for hydroxylation is 1. The summed E-state index contributed by atoms with van der Waals surface area (Å²) in [6, 6.07) is 0. The minimum absolute atomic E-state index is 0.818. The van der Waals surface area contributed by atoms with Gasteiger partial charge in [0.05, 0.1) is 24.6 Å². The van der Waals surface area contributed by atoms with Crippen LogP contribution in [-0.2, 0) is 13.1 Å². The molecule has 18 heavy (non-hydrogen) atoms. The molecule has 2 N–H and O–H groups in total. The van der Waals surface area contributed by atoms with Crippen LogP contribution in [0.5, 0.6) is 0 Å². The summed E-state index contributed by atoms with van der Waals surface area (Å²) in [5.41, 5.74) is 2.13. The standard InChI is InChI=1S/C13H19N5/c1-2-18-9-11(6-16-18)12-7-15-13(17-12)8-14-5-10-3-4-10/h6-7,9-10,14H,2-5,8H2,1H3,(H,15,17). The van der Waals surface area contributed by atoms with Gasteiger partial charge in [-0.15, -0.1) is 0 Å². The van der Waals surface area contributed by atoms with Crippen molar-refractivity contribution >= 4 is 0 Å². The zero-order chi connectivity index (χ0) is 12.4. The van der Waals surface area contributed by atoms with E-state index in [9.17, 15) is 0 Å². The fourth-order valence-electron chi connectivity index (χ4n) is 1.99. The number of nitrogens with one attached hydrogen (secondary N) is 2. The molecule has 96 valence electrons. The SMILES string of the molecule is CCn1cc(-c2cnc(CNCC3CC3)[nH]2)cn1. The van der Waals surface area contributed by atoms with Crippen molar-refractivity contribution in [2.45, 2.75) is 32.9 Å². The van der Waals surface area contributed by atoms with Crippen LogP contribution >= 0.6 is 0 Å². The minimum atomic E-state index is 0.818. The summed E-state index contributed by atoms with van der Waals surface area (Å²) in [6.45, 7) is 4.91. The normalized spacial score (nSPS) is 15.2. The molecule has 5 heteroatoms. The first kappa shape index (κ1) is 11.5. The average molecular weight is 245 g/mol. The molecule has 0 aromatic carbocycles. The zero-order valence-corrected chi connectivity index (χ0v) is 10.7. The van der Waals surface area contributed by atoms with Gasteiger partial charge in [0, 0.05) is 18.3 Å². The van der Waals surface area contributed by atoms with Crippen LogP contribution in [0.2, 0.25) is 0 Å². The van der Waals surface area contributed by atoms with Gasteiger partial charge in [0.25, 0.3) is 0 Å². The van der Waals surface area contributed by atoms with Crippen molar-refractivity contribution < 1.29 is 0 Å². The van der Waals surface area contributed by atoms with Crippen LogP contribution in [0.4, 0.5) is 0 Å². The van der Waals surface area contributed by atoms with Crippen molar-refractivity contribution in [1.29, 1.82) is 0 Å². The predicted molar refractivity (Wildman–Crippen MR) is 69.9 cm³/mol. The molecule has 1 saturated carbocycles. The van der Waals surface area contributed by atoms with Crippen molar-refractivity contribution in [3.63, 3.8) is 0 Å². The van der Waals surface area contributed by atoms with E-state index >= 15 is 0 Å². The summed E-state index contributed by atoms with van der Waals surface area (Å²) in [7, 11) is 0. The third kappa shape index (κ3) is 2.61. The lowest BCUT2D eigenvalue weighted by molar-refractivity contribution is 0.623. The maximum absolute atomic E-state index is 4.39. The van der Waals surface area contributed by atoms with Crippen LogP contribution in [0.1, 0.15) is 25.6 Å². The van der Waals surface area contributed by atoms with E-state index in [2.05, 4.69) is 27.3 Å². The number of aromatic amines is 1. The van der Waals surface area contributed by atoms with E-state index in [0.717, 1.165) is 42.6 Å². The molecule has 0 atom stereocenters. The van der Waals surface area contributed by atoms with Crippen molar-refractivity contribution in [3.05, 3.63) is 24.4 Å². The molecule has 3 rings (SSSR count). The molecular weight excluding hydrogens is 226 g/mol. The third-order valence-electron chi connectivity index (χ3n) is 3.32. The summed E-state index contributed by atoms with van der Waals surface area (Å²) in [6.07, 6.45) is 8.55. The van der Waals surface area contributed by atoms with Gasteiger partial charge < -0.3 is 10.3 Å². The molecule has 0 aliphatic heterocycles. The lowest BCUT2D eigenvalue weighted by atomic mass is 10.3. The molecule has 0 bridgehead atoms. The molecule has 0 unspecified atom stereocenters. The Morgan fingerprint density at radius 2 is 2.33 bits per heavy atom. The van der Waals surface area contributed by atoms with Crippen LogP contribution in [0.15, 0.2) is 18.6 Å². The first-order valence-electron chi connectivity index (χ1n) is 6.62. The van der Waals surface area contributed by atoms with Crippen molar-refractivity contribution in [2.24, 2.45) is 5.92 Å². The summed E-state index contributed by atoms with van der Waals surface area (Å²) < 4.78 is 1.92. The number of nitrogens with zero attached hydrogens (tertiary/aromatic N) is 3. The van der Waals surface area contributed by atoms with Gasteiger partial charge in [0.15, 0.2) is 0 Å².